The summed E-state index contributed by atoms with van der Waals surface area (Å²) in [6.07, 6.45) is 4.43. The summed E-state index contributed by atoms with van der Waals surface area (Å²) in [6.45, 7) is 26.8. The van der Waals surface area contributed by atoms with Crippen molar-refractivity contribution in [3.05, 3.63) is 57.5 Å². The zero-order valence-corrected chi connectivity index (χ0v) is 24.3. The Bertz CT molecular complexity index is 1110. The number of halogens is 1. The summed E-state index contributed by atoms with van der Waals surface area (Å²) >= 11 is 6.79. The molecule has 2 nitrogen and oxygen atoms in total. The molecule has 3 rings (SSSR count). The van der Waals surface area contributed by atoms with Gasteiger partial charge >= 0.3 is 7.73 Å². The van der Waals surface area contributed by atoms with Gasteiger partial charge in [0.1, 0.15) is 11.9 Å². The minimum atomic E-state index is -1.62. The lowest BCUT2D eigenvalue weighted by atomic mass is 9.72. The maximum Gasteiger partial charge on any atom is 0.339 e. The molecule has 1 aromatic rings. The van der Waals surface area contributed by atoms with E-state index >= 15 is 0 Å². The third-order valence-corrected chi connectivity index (χ3v) is 7.54. The van der Waals surface area contributed by atoms with Crippen molar-refractivity contribution in [2.75, 3.05) is 0 Å². The van der Waals surface area contributed by atoms with Crippen molar-refractivity contribution in [2.24, 2.45) is 16.2 Å². The number of allylic oxidation sites excluding steroid dienone is 2. The molecule has 0 fully saturated rings. The average molecular weight is 489 g/mol. The number of fused-ring (bicyclic) bond motifs is 2. The number of hydrogen-bond donors (Lipinski definition) is 0. The average Bonchev–Trinajstić information content (AvgIpc) is 2.61. The Morgan fingerprint density at radius 2 is 1.33 bits per heavy atom. The van der Waals surface area contributed by atoms with Gasteiger partial charge in [0.15, 0.2) is 0 Å². The normalized spacial score (nSPS) is 24.1. The molecule has 1 aromatic carbocycles. The molecule has 0 radical (unpaired) electrons. The Labute approximate surface area is 207 Å². The van der Waals surface area contributed by atoms with E-state index in [9.17, 15) is 0 Å². The summed E-state index contributed by atoms with van der Waals surface area (Å²) in [5.41, 5.74) is 4.77. The summed E-state index contributed by atoms with van der Waals surface area (Å²) in [6, 6.07) is 6.83. The molecule has 0 spiro atoms. The topological polar surface area (TPSA) is 18.5 Å². The lowest BCUT2D eigenvalue weighted by Crippen LogP contribution is -2.40. The van der Waals surface area contributed by atoms with E-state index < -0.39 is 7.73 Å². The van der Waals surface area contributed by atoms with E-state index in [1.807, 2.05) is 0 Å². The van der Waals surface area contributed by atoms with E-state index in [4.69, 9.17) is 20.3 Å². The lowest BCUT2D eigenvalue weighted by Gasteiger charge is -2.38. The van der Waals surface area contributed by atoms with Gasteiger partial charge < -0.3 is 4.52 Å². The van der Waals surface area contributed by atoms with Gasteiger partial charge in [-0.1, -0.05) is 107 Å². The van der Waals surface area contributed by atoms with Gasteiger partial charge in [0.05, 0.1) is 0 Å². The molecule has 0 saturated carbocycles. The Morgan fingerprint density at radius 3 is 1.82 bits per heavy atom. The highest BCUT2D eigenvalue weighted by Crippen LogP contribution is 2.54. The second-order valence-electron chi connectivity index (χ2n) is 13.5. The predicted molar refractivity (Wildman–Crippen MR) is 144 cm³/mol. The van der Waals surface area contributed by atoms with Crippen LogP contribution >= 0.6 is 19.0 Å². The number of hydrogen-bond acceptors (Lipinski definition) is 2. The zero-order valence-electron chi connectivity index (χ0n) is 22.6. The Hall–Kier alpha value is -1.08. The molecular formula is C29H42ClO2P. The molecule has 1 aliphatic carbocycles. The van der Waals surface area contributed by atoms with Crippen LogP contribution in [0, 0.1) is 16.2 Å². The Morgan fingerprint density at radius 1 is 0.727 bits per heavy atom. The third kappa shape index (κ3) is 5.61. The fraction of sp³-hybridized carbons (Fsp3) is 0.586. The quantitative estimate of drug-likeness (QED) is 0.343. The molecule has 1 heterocycles. The van der Waals surface area contributed by atoms with Crippen LogP contribution in [0.2, 0.25) is 0 Å². The largest absolute Gasteiger partial charge is 0.439 e. The third-order valence-electron chi connectivity index (χ3n) is 6.39. The van der Waals surface area contributed by atoms with Crippen LogP contribution in [0.5, 0.6) is 0 Å². The van der Waals surface area contributed by atoms with Crippen LogP contribution in [0.1, 0.15) is 88.6 Å². The second kappa shape index (κ2) is 8.54. The second-order valence-corrected chi connectivity index (χ2v) is 15.2. The van der Waals surface area contributed by atoms with Gasteiger partial charge in [-0.15, -0.1) is 0 Å². The molecule has 2 atom stereocenters. The monoisotopic (exact) mass is 488 g/mol. The van der Waals surface area contributed by atoms with Gasteiger partial charge in [-0.05, 0) is 61.1 Å². The van der Waals surface area contributed by atoms with Crippen LogP contribution < -0.4 is 10.4 Å². The highest BCUT2D eigenvalue weighted by Gasteiger charge is 2.38. The molecule has 4 heteroatoms. The molecule has 2 aliphatic rings. The van der Waals surface area contributed by atoms with Crippen molar-refractivity contribution in [2.45, 2.75) is 94.6 Å². The molecule has 33 heavy (non-hydrogen) atoms. The lowest BCUT2D eigenvalue weighted by molar-refractivity contribution is 0.250. The molecular weight excluding hydrogens is 447 g/mol. The minimum absolute atomic E-state index is 0.0150. The van der Waals surface area contributed by atoms with Crippen LogP contribution in [0.15, 0.2) is 41.5 Å². The van der Waals surface area contributed by atoms with Crippen molar-refractivity contribution in [3.63, 3.8) is 0 Å². The molecule has 0 aromatic heterocycles. The smallest absolute Gasteiger partial charge is 0.339 e. The summed E-state index contributed by atoms with van der Waals surface area (Å²) in [5, 5.41) is 2.31. The van der Waals surface area contributed by atoms with E-state index in [2.05, 4.69) is 113 Å². The standard InChI is InChI=1S/C29H42ClO2P/c1-26(2,3)18-13-14-20-21-16-19(27(4,5)6)17-23(28(7,8)9)24(21)31-33(30)32-25(22(20)15-18)29(10,11)12/h13-17,24H,1-12H3/b21-20-,25-22?. The summed E-state index contributed by atoms with van der Waals surface area (Å²) in [5.74, 6) is 0.897. The zero-order chi connectivity index (χ0) is 25.1. The molecule has 1 aliphatic heterocycles. The molecule has 0 N–H and O–H groups in total. The summed E-state index contributed by atoms with van der Waals surface area (Å²) < 4.78 is 12.9. The molecule has 0 amide bonds. The fourth-order valence-corrected chi connectivity index (χ4v) is 5.69. The molecule has 182 valence electrons. The summed E-state index contributed by atoms with van der Waals surface area (Å²) in [4.78, 5) is 0. The van der Waals surface area contributed by atoms with Crippen molar-refractivity contribution in [3.8, 4) is 0 Å². The van der Waals surface area contributed by atoms with Crippen LogP contribution in [-0.2, 0) is 14.5 Å². The maximum atomic E-state index is 6.79. The summed E-state index contributed by atoms with van der Waals surface area (Å²) in [7, 11) is -1.62. The van der Waals surface area contributed by atoms with Crippen molar-refractivity contribution in [1.82, 2.24) is 0 Å². The maximum absolute atomic E-state index is 6.79. The van der Waals surface area contributed by atoms with Crippen LogP contribution in [-0.4, -0.2) is 6.10 Å². The van der Waals surface area contributed by atoms with Crippen LogP contribution in [0.25, 0.3) is 11.3 Å². The number of rotatable bonds is 0. The highest BCUT2D eigenvalue weighted by molar-refractivity contribution is 7.76. The van der Waals surface area contributed by atoms with E-state index in [0.717, 1.165) is 11.0 Å². The first-order chi connectivity index (χ1) is 14.8. The van der Waals surface area contributed by atoms with Gasteiger partial charge in [-0.2, -0.15) is 0 Å². The van der Waals surface area contributed by atoms with Gasteiger partial charge in [0.25, 0.3) is 0 Å². The van der Waals surface area contributed by atoms with Crippen molar-refractivity contribution < 1.29 is 9.05 Å². The predicted octanol–water partition coefficient (Wildman–Crippen LogP) is 8.13. The van der Waals surface area contributed by atoms with Crippen molar-refractivity contribution >= 4 is 30.3 Å². The molecule has 0 bridgehead atoms. The first-order valence-electron chi connectivity index (χ1n) is 11.9. The minimum Gasteiger partial charge on any atom is -0.439 e. The Kier molecular flexibility index (Phi) is 6.87. The first-order valence-corrected chi connectivity index (χ1v) is 14.0. The first kappa shape index (κ1) is 26.5. The van der Waals surface area contributed by atoms with Gasteiger partial charge in [0.2, 0.25) is 0 Å². The van der Waals surface area contributed by atoms with Crippen molar-refractivity contribution in [1.29, 1.82) is 0 Å². The van der Waals surface area contributed by atoms with Gasteiger partial charge in [-0.25, -0.2) is 0 Å². The van der Waals surface area contributed by atoms with Gasteiger partial charge in [-0.3, -0.25) is 4.52 Å². The fourth-order valence-electron chi connectivity index (χ4n) is 4.29. The number of benzene rings is 1. The highest BCUT2D eigenvalue weighted by atomic mass is 35.7. The van der Waals surface area contributed by atoms with E-state index in [0.29, 0.717) is 0 Å². The SMILES string of the molecule is CC(C)(C)C1=C/C2=c3\ccc(C(C)(C)C)cc3=C(C(C)(C)C)OP(Cl)OC2C(C(C)(C)C)=C1. The van der Waals surface area contributed by atoms with E-state index in [1.54, 1.807) is 0 Å². The van der Waals surface area contributed by atoms with Crippen LogP contribution in [0.4, 0.5) is 0 Å². The van der Waals surface area contributed by atoms with Gasteiger partial charge in [0, 0.05) is 10.6 Å². The van der Waals surface area contributed by atoms with E-state index in [-0.39, 0.29) is 27.8 Å². The van der Waals surface area contributed by atoms with Crippen LogP contribution in [0.3, 0.4) is 0 Å². The molecule has 0 saturated heterocycles. The Balaban J connectivity index is 2.57. The van der Waals surface area contributed by atoms with E-state index in [1.165, 1.54) is 27.5 Å². The molecule has 2 unspecified atom stereocenters.